The summed E-state index contributed by atoms with van der Waals surface area (Å²) in [5.41, 5.74) is 2.51. The van der Waals surface area contributed by atoms with Gasteiger partial charge in [-0.1, -0.05) is 23.3 Å². The van der Waals surface area contributed by atoms with Gasteiger partial charge in [-0.3, -0.25) is 15.0 Å². The van der Waals surface area contributed by atoms with Crippen molar-refractivity contribution in [2.24, 2.45) is 0 Å². The number of nitrogens with one attached hydrogen (secondary N) is 1. The van der Waals surface area contributed by atoms with Crippen LogP contribution in [0.3, 0.4) is 0 Å². The van der Waals surface area contributed by atoms with Crippen LogP contribution < -0.4 is 5.32 Å². The minimum absolute atomic E-state index is 0.0981. The second-order valence-corrected chi connectivity index (χ2v) is 7.25. The number of aliphatic hydroxyl groups excluding tert-OH is 2. The van der Waals surface area contributed by atoms with Gasteiger partial charge in [-0.05, 0) is 33.6 Å². The predicted octanol–water partition coefficient (Wildman–Crippen LogP) is 1.08. The topological polar surface area (TPSA) is 108 Å². The summed E-state index contributed by atoms with van der Waals surface area (Å²) in [6, 6.07) is -0.626. The summed E-state index contributed by atoms with van der Waals surface area (Å²) in [5.74, 6) is -0.365. The molecule has 2 fully saturated rings. The van der Waals surface area contributed by atoms with Gasteiger partial charge in [0.25, 0.3) is 0 Å². The van der Waals surface area contributed by atoms with Crippen LogP contribution in [0.1, 0.15) is 40.0 Å². The van der Waals surface area contributed by atoms with Crippen LogP contribution in [0.15, 0.2) is 23.3 Å². The number of hydrogen-bond donors (Lipinski definition) is 3. The third-order valence-corrected chi connectivity index (χ3v) is 4.65. The van der Waals surface area contributed by atoms with Crippen LogP contribution in [0.25, 0.3) is 0 Å². The lowest BCUT2D eigenvalue weighted by Gasteiger charge is -2.32. The maximum absolute atomic E-state index is 11.9. The molecule has 0 spiro atoms. The van der Waals surface area contributed by atoms with Crippen LogP contribution in [0, 0.1) is 0 Å². The van der Waals surface area contributed by atoms with Gasteiger partial charge >= 0.3 is 6.03 Å². The van der Waals surface area contributed by atoms with Crippen molar-refractivity contribution in [1.82, 2.24) is 10.2 Å². The lowest BCUT2D eigenvalue weighted by molar-refractivity contribution is -0.126. The number of imide groups is 1. The van der Waals surface area contributed by atoms with Gasteiger partial charge < -0.3 is 19.7 Å². The Balaban J connectivity index is 1.78. The largest absolute Gasteiger partial charge is 0.387 e. The quantitative estimate of drug-likeness (QED) is 0.428. The summed E-state index contributed by atoms with van der Waals surface area (Å²) in [6.07, 6.45) is 2.10. The molecule has 0 saturated carbocycles. The van der Waals surface area contributed by atoms with Gasteiger partial charge in [0.05, 0.1) is 13.2 Å². The average Bonchev–Trinajstić information content (AvgIpc) is 2.87. The molecule has 3 N–H and O–H groups in total. The van der Waals surface area contributed by atoms with E-state index in [1.54, 1.807) is 0 Å². The number of rotatable bonds is 8. The molecule has 27 heavy (non-hydrogen) atoms. The molecule has 3 amide bonds. The first-order valence-electron chi connectivity index (χ1n) is 9.28. The third-order valence-electron chi connectivity index (χ3n) is 4.65. The number of aliphatic hydroxyl groups is 2. The van der Waals surface area contributed by atoms with Gasteiger partial charge in [-0.25, -0.2) is 4.79 Å². The smallest absolute Gasteiger partial charge is 0.326 e. The highest BCUT2D eigenvalue weighted by atomic mass is 16.6. The van der Waals surface area contributed by atoms with E-state index in [1.807, 2.05) is 13.0 Å². The Labute approximate surface area is 159 Å². The maximum atomic E-state index is 11.9. The highest BCUT2D eigenvalue weighted by molar-refractivity contribution is 5.96. The molecule has 2 heterocycles. The maximum Gasteiger partial charge on any atom is 0.326 e. The number of nitrogens with zero attached hydrogens (tertiary/aromatic N) is 1. The summed E-state index contributed by atoms with van der Waals surface area (Å²) >= 11 is 0. The first-order chi connectivity index (χ1) is 12.8. The van der Waals surface area contributed by atoms with E-state index in [1.165, 1.54) is 16.0 Å². The van der Waals surface area contributed by atoms with E-state index in [2.05, 4.69) is 25.2 Å². The SMILES string of the molecule is CC(C)=CCCC(C)=CCOC[C@H]1O[C@@H](N2CCC(=O)NC2=O)[C@H](O)[C@@H]1O. The Kier molecular flexibility index (Phi) is 7.97. The Morgan fingerprint density at radius 3 is 2.67 bits per heavy atom. The van der Waals surface area contributed by atoms with Gasteiger partial charge in [0, 0.05) is 13.0 Å². The van der Waals surface area contributed by atoms with Crippen molar-refractivity contribution in [2.75, 3.05) is 19.8 Å². The second kappa shape index (κ2) is 9.98. The van der Waals surface area contributed by atoms with Gasteiger partial charge in [-0.2, -0.15) is 0 Å². The standard InChI is InChI=1S/C19H30N2O6/c1-12(2)5-4-6-13(3)8-10-26-11-14-16(23)17(24)18(27-14)21-9-7-15(22)20-19(21)25/h5,8,14,16-18,23-24H,4,6-7,9-11H2,1-3H3,(H,20,22,25)/t14-,16-,17-,18-/m1/s1. The van der Waals surface area contributed by atoms with Crippen LogP contribution in [0.5, 0.6) is 0 Å². The van der Waals surface area contributed by atoms with Crippen molar-refractivity contribution in [3.63, 3.8) is 0 Å². The van der Waals surface area contributed by atoms with Crippen molar-refractivity contribution < 1.29 is 29.3 Å². The number of carbonyl (C=O) groups excluding carboxylic acids is 2. The van der Waals surface area contributed by atoms with E-state index in [-0.39, 0.29) is 25.5 Å². The summed E-state index contributed by atoms with van der Waals surface area (Å²) in [6.45, 7) is 6.80. The van der Waals surface area contributed by atoms with Crippen molar-refractivity contribution in [3.8, 4) is 0 Å². The molecule has 0 bridgehead atoms. The third kappa shape index (κ3) is 6.14. The summed E-state index contributed by atoms with van der Waals surface area (Å²) in [7, 11) is 0. The van der Waals surface area contributed by atoms with E-state index in [9.17, 15) is 19.8 Å². The van der Waals surface area contributed by atoms with E-state index < -0.39 is 30.6 Å². The molecule has 152 valence electrons. The number of carbonyl (C=O) groups is 2. The molecule has 2 aliphatic rings. The summed E-state index contributed by atoms with van der Waals surface area (Å²) in [5, 5.41) is 22.5. The number of urea groups is 1. The number of hydrogen-bond acceptors (Lipinski definition) is 6. The average molecular weight is 382 g/mol. The van der Waals surface area contributed by atoms with Crippen molar-refractivity contribution >= 4 is 11.9 Å². The zero-order chi connectivity index (χ0) is 20.0. The van der Waals surface area contributed by atoms with E-state index in [0.29, 0.717) is 6.61 Å². The predicted molar refractivity (Wildman–Crippen MR) is 98.8 cm³/mol. The highest BCUT2D eigenvalue weighted by Gasteiger charge is 2.47. The van der Waals surface area contributed by atoms with Crippen LogP contribution in [-0.2, 0) is 14.3 Å². The van der Waals surface area contributed by atoms with Gasteiger partial charge in [0.15, 0.2) is 6.23 Å². The van der Waals surface area contributed by atoms with Crippen LogP contribution >= 0.6 is 0 Å². The summed E-state index contributed by atoms with van der Waals surface area (Å²) in [4.78, 5) is 24.3. The number of allylic oxidation sites excluding steroid dienone is 3. The van der Waals surface area contributed by atoms with Gasteiger partial charge in [0.2, 0.25) is 5.91 Å². The fourth-order valence-electron chi connectivity index (χ4n) is 3.02. The Morgan fingerprint density at radius 1 is 1.26 bits per heavy atom. The molecule has 8 nitrogen and oxygen atoms in total. The van der Waals surface area contributed by atoms with E-state index in [4.69, 9.17) is 9.47 Å². The molecule has 0 aromatic rings. The first-order valence-corrected chi connectivity index (χ1v) is 9.28. The zero-order valence-electron chi connectivity index (χ0n) is 16.2. The summed E-state index contributed by atoms with van der Waals surface area (Å²) < 4.78 is 11.2. The number of amides is 3. The molecule has 2 rings (SSSR count). The zero-order valence-corrected chi connectivity index (χ0v) is 16.2. The number of ether oxygens (including phenoxy) is 2. The fraction of sp³-hybridized carbons (Fsp3) is 0.684. The lowest BCUT2D eigenvalue weighted by Crippen LogP contribution is -2.56. The van der Waals surface area contributed by atoms with Gasteiger partial charge in [-0.15, -0.1) is 0 Å². The molecular formula is C19H30N2O6. The molecule has 2 aliphatic heterocycles. The molecular weight excluding hydrogens is 352 g/mol. The monoisotopic (exact) mass is 382 g/mol. The van der Waals surface area contributed by atoms with Crippen molar-refractivity contribution in [2.45, 2.75) is 64.6 Å². The minimum Gasteiger partial charge on any atom is -0.387 e. The fourth-order valence-corrected chi connectivity index (χ4v) is 3.02. The normalized spacial score (nSPS) is 29.1. The Morgan fingerprint density at radius 2 is 2.00 bits per heavy atom. The molecule has 0 aliphatic carbocycles. The van der Waals surface area contributed by atoms with Gasteiger partial charge in [0.1, 0.15) is 18.3 Å². The van der Waals surface area contributed by atoms with Crippen molar-refractivity contribution in [3.05, 3.63) is 23.3 Å². The molecule has 0 unspecified atom stereocenters. The Hall–Kier alpha value is -1.74. The lowest BCUT2D eigenvalue weighted by atomic mass is 10.1. The van der Waals surface area contributed by atoms with Crippen LogP contribution in [-0.4, -0.2) is 71.3 Å². The van der Waals surface area contributed by atoms with Crippen LogP contribution in [0.2, 0.25) is 0 Å². The Bertz CT molecular complexity index is 599. The molecule has 2 saturated heterocycles. The molecule has 0 radical (unpaired) electrons. The first kappa shape index (κ1) is 21.6. The molecule has 4 atom stereocenters. The van der Waals surface area contributed by atoms with Crippen molar-refractivity contribution in [1.29, 1.82) is 0 Å². The van der Waals surface area contributed by atoms with E-state index in [0.717, 1.165) is 12.8 Å². The molecule has 0 aromatic heterocycles. The highest BCUT2D eigenvalue weighted by Crippen LogP contribution is 2.25. The molecule has 8 heteroatoms. The van der Waals surface area contributed by atoms with E-state index >= 15 is 0 Å². The second-order valence-electron chi connectivity index (χ2n) is 7.25. The van der Waals surface area contributed by atoms with Crippen LogP contribution in [0.4, 0.5) is 4.79 Å². The minimum atomic E-state index is -1.25. The molecule has 0 aromatic carbocycles.